The number of carboxylic acids is 1. The molecule has 3 atom stereocenters. The number of aliphatic carboxylic acids is 1. The van der Waals surface area contributed by atoms with Crippen LogP contribution in [0.2, 0.25) is 5.02 Å². The van der Waals surface area contributed by atoms with Crippen molar-refractivity contribution in [2.45, 2.75) is 25.2 Å². The summed E-state index contributed by atoms with van der Waals surface area (Å²) < 4.78 is 5.70. The molecule has 3 unspecified atom stereocenters. The molecular weight excluding hydrogens is 242 g/mol. The third kappa shape index (κ3) is 2.60. The summed E-state index contributed by atoms with van der Waals surface area (Å²) in [5, 5.41) is 12.6. The van der Waals surface area contributed by atoms with E-state index in [4.69, 9.17) is 21.4 Å². The highest BCUT2D eigenvalue weighted by molar-refractivity contribution is 6.31. The van der Waals surface area contributed by atoms with Crippen LogP contribution in [0, 0.1) is 0 Å². The van der Waals surface area contributed by atoms with Crippen molar-refractivity contribution in [2.75, 3.05) is 6.54 Å². The fourth-order valence-corrected chi connectivity index (χ4v) is 2.25. The van der Waals surface area contributed by atoms with E-state index >= 15 is 0 Å². The summed E-state index contributed by atoms with van der Waals surface area (Å²) in [6, 6.07) is 6.77. The maximum Gasteiger partial charge on any atom is 0.323 e. The number of hydrogen-bond donors (Lipinski definition) is 2. The molecule has 0 aliphatic carbocycles. The molecule has 92 valence electrons. The molecule has 17 heavy (non-hydrogen) atoms. The molecule has 1 heterocycles. The van der Waals surface area contributed by atoms with E-state index < -0.39 is 12.0 Å². The molecule has 0 amide bonds. The van der Waals surface area contributed by atoms with Crippen LogP contribution < -0.4 is 5.32 Å². The number of halogens is 1. The van der Waals surface area contributed by atoms with Crippen LogP contribution in [0.25, 0.3) is 0 Å². The zero-order valence-electron chi connectivity index (χ0n) is 9.39. The van der Waals surface area contributed by atoms with E-state index in [1.54, 1.807) is 13.0 Å². The van der Waals surface area contributed by atoms with E-state index in [0.29, 0.717) is 11.6 Å². The average molecular weight is 256 g/mol. The summed E-state index contributed by atoms with van der Waals surface area (Å²) in [6.07, 6.45) is -0.586. The topological polar surface area (TPSA) is 58.6 Å². The molecule has 2 N–H and O–H groups in total. The first-order chi connectivity index (χ1) is 8.09. The highest BCUT2D eigenvalue weighted by Crippen LogP contribution is 2.28. The van der Waals surface area contributed by atoms with Crippen LogP contribution >= 0.6 is 11.6 Å². The summed E-state index contributed by atoms with van der Waals surface area (Å²) in [6.45, 7) is 2.19. The Morgan fingerprint density at radius 2 is 2.24 bits per heavy atom. The lowest BCUT2D eigenvalue weighted by Gasteiger charge is -2.34. The Morgan fingerprint density at radius 1 is 1.53 bits per heavy atom. The normalized spacial score (nSPS) is 28.9. The zero-order valence-corrected chi connectivity index (χ0v) is 10.1. The SMILES string of the molecule is CC1OC(c2ccccc2Cl)CNC1C(=O)O. The monoisotopic (exact) mass is 255 g/mol. The smallest absolute Gasteiger partial charge is 0.323 e. The van der Waals surface area contributed by atoms with Crippen molar-refractivity contribution >= 4 is 17.6 Å². The first kappa shape index (κ1) is 12.4. The summed E-state index contributed by atoms with van der Waals surface area (Å²) in [4.78, 5) is 10.9. The molecule has 1 aromatic carbocycles. The molecule has 0 saturated carbocycles. The molecule has 5 heteroatoms. The third-order valence-corrected chi connectivity index (χ3v) is 3.23. The molecule has 2 rings (SSSR count). The Hall–Kier alpha value is -1.10. The van der Waals surface area contributed by atoms with Crippen molar-refractivity contribution < 1.29 is 14.6 Å². The van der Waals surface area contributed by atoms with Gasteiger partial charge >= 0.3 is 5.97 Å². The maximum absolute atomic E-state index is 10.9. The van der Waals surface area contributed by atoms with Gasteiger partial charge in [-0.25, -0.2) is 0 Å². The van der Waals surface area contributed by atoms with E-state index in [-0.39, 0.29) is 12.2 Å². The van der Waals surface area contributed by atoms with Crippen LogP contribution in [-0.2, 0) is 9.53 Å². The molecule has 4 nitrogen and oxygen atoms in total. The summed E-state index contributed by atoms with van der Waals surface area (Å²) >= 11 is 6.08. The van der Waals surface area contributed by atoms with Gasteiger partial charge in [0.25, 0.3) is 0 Å². The van der Waals surface area contributed by atoms with Crippen molar-refractivity contribution in [3.05, 3.63) is 34.9 Å². The molecule has 0 aromatic heterocycles. The first-order valence-corrected chi connectivity index (χ1v) is 5.83. The standard InChI is InChI=1S/C12H14ClNO3/c1-7-11(12(15)16)14-6-10(17-7)8-4-2-3-5-9(8)13/h2-5,7,10-11,14H,6H2,1H3,(H,15,16). The number of benzene rings is 1. The number of hydrogen-bond acceptors (Lipinski definition) is 3. The van der Waals surface area contributed by atoms with Gasteiger partial charge in [0.2, 0.25) is 0 Å². The van der Waals surface area contributed by atoms with Crippen molar-refractivity contribution in [1.82, 2.24) is 5.32 Å². The number of carbonyl (C=O) groups is 1. The van der Waals surface area contributed by atoms with E-state index in [0.717, 1.165) is 5.56 Å². The van der Waals surface area contributed by atoms with Gasteiger partial charge in [-0.05, 0) is 13.0 Å². The van der Waals surface area contributed by atoms with Gasteiger partial charge in [0.05, 0.1) is 12.2 Å². The fraction of sp³-hybridized carbons (Fsp3) is 0.417. The van der Waals surface area contributed by atoms with Gasteiger partial charge in [-0.2, -0.15) is 0 Å². The highest BCUT2D eigenvalue weighted by atomic mass is 35.5. The van der Waals surface area contributed by atoms with Gasteiger partial charge in [0.1, 0.15) is 6.04 Å². The second-order valence-electron chi connectivity index (χ2n) is 4.08. The lowest BCUT2D eigenvalue weighted by molar-refractivity contribution is -0.149. The molecule has 1 fully saturated rings. The molecule has 1 aromatic rings. The Kier molecular flexibility index (Phi) is 3.66. The van der Waals surface area contributed by atoms with E-state index in [1.165, 1.54) is 0 Å². The van der Waals surface area contributed by atoms with Crippen LogP contribution in [0.5, 0.6) is 0 Å². The van der Waals surface area contributed by atoms with E-state index in [9.17, 15) is 4.79 Å². The summed E-state index contributed by atoms with van der Waals surface area (Å²) in [5.74, 6) is -0.893. The van der Waals surface area contributed by atoms with Crippen LogP contribution in [0.1, 0.15) is 18.6 Å². The molecule has 0 bridgehead atoms. The maximum atomic E-state index is 10.9. The molecular formula is C12H14ClNO3. The number of morpholine rings is 1. The molecule has 0 radical (unpaired) electrons. The number of carboxylic acid groups (broad SMARTS) is 1. The lowest BCUT2D eigenvalue weighted by Crippen LogP contribution is -2.52. The zero-order chi connectivity index (χ0) is 12.4. The second kappa shape index (κ2) is 5.04. The number of ether oxygens (including phenoxy) is 1. The average Bonchev–Trinajstić information content (AvgIpc) is 2.29. The number of rotatable bonds is 2. The number of nitrogens with one attached hydrogen (secondary N) is 1. The first-order valence-electron chi connectivity index (χ1n) is 5.45. The van der Waals surface area contributed by atoms with Gasteiger partial charge in [0.15, 0.2) is 0 Å². The van der Waals surface area contributed by atoms with Gasteiger partial charge in [-0.1, -0.05) is 29.8 Å². The van der Waals surface area contributed by atoms with Crippen molar-refractivity contribution in [3.63, 3.8) is 0 Å². The minimum atomic E-state index is -0.893. The quantitative estimate of drug-likeness (QED) is 0.847. The van der Waals surface area contributed by atoms with Crippen LogP contribution in [-0.4, -0.2) is 29.8 Å². The van der Waals surface area contributed by atoms with Gasteiger partial charge in [-0.15, -0.1) is 0 Å². The third-order valence-electron chi connectivity index (χ3n) is 2.89. The van der Waals surface area contributed by atoms with Crippen molar-refractivity contribution in [1.29, 1.82) is 0 Å². The van der Waals surface area contributed by atoms with Crippen LogP contribution in [0.4, 0.5) is 0 Å². The van der Waals surface area contributed by atoms with Crippen molar-refractivity contribution in [2.24, 2.45) is 0 Å². The lowest BCUT2D eigenvalue weighted by atomic mass is 10.0. The van der Waals surface area contributed by atoms with Gasteiger partial charge in [0, 0.05) is 17.1 Å². The van der Waals surface area contributed by atoms with Crippen LogP contribution in [0.3, 0.4) is 0 Å². The molecule has 0 spiro atoms. The summed E-state index contributed by atoms with van der Waals surface area (Å²) in [7, 11) is 0. The summed E-state index contributed by atoms with van der Waals surface area (Å²) in [5.41, 5.74) is 0.886. The van der Waals surface area contributed by atoms with Crippen LogP contribution in [0.15, 0.2) is 24.3 Å². The predicted octanol–water partition coefficient (Wildman–Crippen LogP) is 1.84. The van der Waals surface area contributed by atoms with E-state index in [2.05, 4.69) is 5.32 Å². The second-order valence-corrected chi connectivity index (χ2v) is 4.48. The highest BCUT2D eigenvalue weighted by Gasteiger charge is 2.33. The van der Waals surface area contributed by atoms with Gasteiger partial charge in [-0.3, -0.25) is 10.1 Å². The minimum absolute atomic E-state index is 0.200. The Labute approximate surface area is 105 Å². The largest absolute Gasteiger partial charge is 0.480 e. The predicted molar refractivity (Wildman–Crippen MR) is 64.2 cm³/mol. The fourth-order valence-electron chi connectivity index (χ4n) is 1.99. The Balaban J connectivity index is 2.12. The molecule has 1 saturated heterocycles. The van der Waals surface area contributed by atoms with Gasteiger partial charge < -0.3 is 9.84 Å². The Bertz CT molecular complexity index is 424. The Morgan fingerprint density at radius 3 is 2.82 bits per heavy atom. The molecule has 1 aliphatic heterocycles. The minimum Gasteiger partial charge on any atom is -0.480 e. The molecule has 1 aliphatic rings. The van der Waals surface area contributed by atoms with E-state index in [1.807, 2.05) is 18.2 Å². The van der Waals surface area contributed by atoms with Crippen molar-refractivity contribution in [3.8, 4) is 0 Å².